The molecule has 1 aromatic heterocycles. The summed E-state index contributed by atoms with van der Waals surface area (Å²) in [5, 5.41) is 8.55. The van der Waals surface area contributed by atoms with E-state index in [1.807, 2.05) is 41.2 Å². The third-order valence-electron chi connectivity index (χ3n) is 3.77. The fourth-order valence-corrected chi connectivity index (χ4v) is 2.50. The van der Waals surface area contributed by atoms with Gasteiger partial charge in [0.1, 0.15) is 0 Å². The van der Waals surface area contributed by atoms with Crippen LogP contribution in [0.4, 0.5) is 5.69 Å². The molecule has 1 unspecified atom stereocenters. The van der Waals surface area contributed by atoms with Gasteiger partial charge in [-0.15, -0.1) is 5.10 Å². The van der Waals surface area contributed by atoms with Crippen LogP contribution in [0.1, 0.15) is 29.7 Å². The van der Waals surface area contributed by atoms with E-state index in [4.69, 9.17) is 5.73 Å². The van der Waals surface area contributed by atoms with Gasteiger partial charge in [-0.2, -0.15) is 0 Å². The number of hydrogen-bond acceptors (Lipinski definition) is 3. The number of anilines is 1. The van der Waals surface area contributed by atoms with Crippen LogP contribution >= 0.6 is 0 Å². The molecular weight excluding hydrogens is 272 g/mol. The molecule has 2 aromatic carbocycles. The van der Waals surface area contributed by atoms with Crippen LogP contribution in [0.3, 0.4) is 0 Å². The van der Waals surface area contributed by atoms with Gasteiger partial charge in [-0.05, 0) is 29.7 Å². The minimum absolute atomic E-state index is 0.327. The van der Waals surface area contributed by atoms with Gasteiger partial charge in [0.05, 0.1) is 12.2 Å². The highest BCUT2D eigenvalue weighted by atomic mass is 15.4. The summed E-state index contributed by atoms with van der Waals surface area (Å²) in [6.07, 6.45) is 2.97. The van der Waals surface area contributed by atoms with Crippen molar-refractivity contribution in [3.63, 3.8) is 0 Å². The fraction of sp³-hybridized carbons (Fsp3) is 0.222. The number of nitrogen functional groups attached to an aromatic ring is 1. The lowest BCUT2D eigenvalue weighted by Gasteiger charge is -2.08. The molecular formula is C18H20N4. The first-order valence-corrected chi connectivity index (χ1v) is 7.49. The SMILES string of the molecule is CC(Cc1ccc(N)cc1)c1cn(Cc2ccccc2)nn1. The highest BCUT2D eigenvalue weighted by Gasteiger charge is 2.11. The van der Waals surface area contributed by atoms with Gasteiger partial charge >= 0.3 is 0 Å². The van der Waals surface area contributed by atoms with Crippen molar-refractivity contribution in [2.45, 2.75) is 25.8 Å². The number of aromatic nitrogens is 3. The fourth-order valence-electron chi connectivity index (χ4n) is 2.50. The van der Waals surface area contributed by atoms with E-state index < -0.39 is 0 Å². The summed E-state index contributed by atoms with van der Waals surface area (Å²) in [5.41, 5.74) is 10.0. The van der Waals surface area contributed by atoms with Crippen molar-refractivity contribution in [2.24, 2.45) is 0 Å². The Hall–Kier alpha value is -2.62. The number of rotatable bonds is 5. The summed E-state index contributed by atoms with van der Waals surface area (Å²) in [7, 11) is 0. The minimum atomic E-state index is 0.327. The number of benzene rings is 2. The van der Waals surface area contributed by atoms with Crippen LogP contribution in [0.2, 0.25) is 0 Å². The van der Waals surface area contributed by atoms with E-state index in [-0.39, 0.29) is 0 Å². The summed E-state index contributed by atoms with van der Waals surface area (Å²) in [5.74, 6) is 0.327. The largest absolute Gasteiger partial charge is 0.399 e. The Balaban J connectivity index is 1.66. The van der Waals surface area contributed by atoms with Gasteiger partial charge < -0.3 is 5.73 Å². The lowest BCUT2D eigenvalue weighted by atomic mass is 9.98. The molecule has 3 aromatic rings. The van der Waals surface area contributed by atoms with Crippen LogP contribution < -0.4 is 5.73 Å². The summed E-state index contributed by atoms with van der Waals surface area (Å²) in [6, 6.07) is 18.3. The molecule has 22 heavy (non-hydrogen) atoms. The zero-order chi connectivity index (χ0) is 15.4. The zero-order valence-electron chi connectivity index (χ0n) is 12.7. The van der Waals surface area contributed by atoms with Crippen molar-refractivity contribution in [2.75, 3.05) is 5.73 Å². The van der Waals surface area contributed by atoms with E-state index >= 15 is 0 Å². The molecule has 0 saturated heterocycles. The maximum atomic E-state index is 5.72. The Morgan fingerprint density at radius 1 is 1.00 bits per heavy atom. The molecule has 0 aliphatic rings. The Bertz CT molecular complexity index is 716. The molecule has 4 nitrogen and oxygen atoms in total. The first-order chi connectivity index (χ1) is 10.7. The quantitative estimate of drug-likeness (QED) is 0.734. The number of nitrogens with two attached hydrogens (primary N) is 1. The maximum Gasteiger partial charge on any atom is 0.0858 e. The van der Waals surface area contributed by atoms with E-state index in [0.717, 1.165) is 24.3 Å². The highest BCUT2D eigenvalue weighted by Crippen LogP contribution is 2.19. The molecule has 1 heterocycles. The van der Waals surface area contributed by atoms with Gasteiger partial charge in [0.2, 0.25) is 0 Å². The van der Waals surface area contributed by atoms with Crippen LogP contribution in [0, 0.1) is 0 Å². The summed E-state index contributed by atoms with van der Waals surface area (Å²) in [4.78, 5) is 0. The molecule has 0 saturated carbocycles. The number of hydrogen-bond donors (Lipinski definition) is 1. The maximum absolute atomic E-state index is 5.72. The van der Waals surface area contributed by atoms with Crippen molar-refractivity contribution < 1.29 is 0 Å². The standard InChI is InChI=1S/C18H20N4/c1-14(11-15-7-9-17(19)10-8-15)18-13-22(21-20-18)12-16-5-3-2-4-6-16/h2-10,13-14H,11-12,19H2,1H3. The molecule has 0 aliphatic carbocycles. The van der Waals surface area contributed by atoms with Crippen molar-refractivity contribution in [1.29, 1.82) is 0 Å². The summed E-state index contributed by atoms with van der Waals surface area (Å²) < 4.78 is 1.89. The molecule has 1 atom stereocenters. The average molecular weight is 292 g/mol. The van der Waals surface area contributed by atoms with E-state index in [1.165, 1.54) is 11.1 Å². The molecule has 4 heteroatoms. The van der Waals surface area contributed by atoms with Gasteiger partial charge in [-0.1, -0.05) is 54.6 Å². The van der Waals surface area contributed by atoms with Gasteiger partial charge in [0.15, 0.2) is 0 Å². The average Bonchev–Trinajstić information content (AvgIpc) is 2.99. The van der Waals surface area contributed by atoms with E-state index in [9.17, 15) is 0 Å². The van der Waals surface area contributed by atoms with E-state index in [1.54, 1.807) is 0 Å². The zero-order valence-corrected chi connectivity index (χ0v) is 12.7. The molecule has 0 bridgehead atoms. The predicted molar refractivity (Wildman–Crippen MR) is 88.5 cm³/mol. The molecule has 0 radical (unpaired) electrons. The van der Waals surface area contributed by atoms with Gasteiger partial charge in [-0.3, -0.25) is 0 Å². The van der Waals surface area contributed by atoms with Crippen LogP contribution in [0.15, 0.2) is 60.8 Å². The molecule has 2 N–H and O–H groups in total. The van der Waals surface area contributed by atoms with Crippen molar-refractivity contribution in [3.8, 4) is 0 Å². The van der Waals surface area contributed by atoms with E-state index in [2.05, 4.69) is 41.5 Å². The molecule has 0 amide bonds. The van der Waals surface area contributed by atoms with Crippen molar-refractivity contribution in [3.05, 3.63) is 77.6 Å². The smallest absolute Gasteiger partial charge is 0.0858 e. The van der Waals surface area contributed by atoms with Gasteiger partial charge in [0.25, 0.3) is 0 Å². The Morgan fingerprint density at radius 2 is 1.73 bits per heavy atom. The Morgan fingerprint density at radius 3 is 2.45 bits per heavy atom. The van der Waals surface area contributed by atoms with Crippen molar-refractivity contribution in [1.82, 2.24) is 15.0 Å². The lowest BCUT2D eigenvalue weighted by molar-refractivity contribution is 0.647. The summed E-state index contributed by atoms with van der Waals surface area (Å²) in [6.45, 7) is 2.93. The normalized spacial score (nSPS) is 12.2. The topological polar surface area (TPSA) is 56.7 Å². The summed E-state index contributed by atoms with van der Waals surface area (Å²) >= 11 is 0. The van der Waals surface area contributed by atoms with Crippen LogP contribution in [-0.2, 0) is 13.0 Å². The third-order valence-corrected chi connectivity index (χ3v) is 3.77. The minimum Gasteiger partial charge on any atom is -0.399 e. The molecule has 3 rings (SSSR count). The first-order valence-electron chi connectivity index (χ1n) is 7.49. The number of nitrogens with zero attached hydrogens (tertiary/aromatic N) is 3. The Labute approximate surface area is 130 Å². The first kappa shape index (κ1) is 14.3. The second kappa shape index (κ2) is 6.43. The monoisotopic (exact) mass is 292 g/mol. The van der Waals surface area contributed by atoms with E-state index in [0.29, 0.717) is 5.92 Å². The van der Waals surface area contributed by atoms with Crippen LogP contribution in [0.25, 0.3) is 0 Å². The van der Waals surface area contributed by atoms with Gasteiger partial charge in [0, 0.05) is 17.8 Å². The van der Waals surface area contributed by atoms with Crippen molar-refractivity contribution >= 4 is 5.69 Å². The second-order valence-corrected chi connectivity index (χ2v) is 5.67. The molecule has 0 spiro atoms. The lowest BCUT2D eigenvalue weighted by Crippen LogP contribution is -2.00. The molecule has 112 valence electrons. The highest BCUT2D eigenvalue weighted by molar-refractivity contribution is 5.39. The second-order valence-electron chi connectivity index (χ2n) is 5.67. The molecule has 0 aliphatic heterocycles. The van der Waals surface area contributed by atoms with Crippen LogP contribution in [-0.4, -0.2) is 15.0 Å². The molecule has 0 fully saturated rings. The third kappa shape index (κ3) is 3.52. The predicted octanol–water partition coefficient (Wildman–Crippen LogP) is 3.25. The van der Waals surface area contributed by atoms with Gasteiger partial charge in [-0.25, -0.2) is 4.68 Å². The Kier molecular flexibility index (Phi) is 4.19. The van der Waals surface area contributed by atoms with Crippen LogP contribution in [0.5, 0.6) is 0 Å².